The van der Waals surface area contributed by atoms with Gasteiger partial charge in [0.15, 0.2) is 0 Å². The van der Waals surface area contributed by atoms with Crippen molar-refractivity contribution in [2.24, 2.45) is 0 Å². The molecular weight excluding hydrogens is 344 g/mol. The monoisotopic (exact) mass is 359 g/mol. The molecule has 0 aliphatic carbocycles. The number of piperazine rings is 2. The Labute approximate surface area is 137 Å². The van der Waals surface area contributed by atoms with E-state index in [2.05, 4.69) is 0 Å². The standard InChI is InChI=1S/C14H15F2N3O4S/c1-17-8-13(20)19-5-4-18(7-11(19)14(17)21)24(22,23)12-3-2-9(15)6-10(12)16/h2-3,6,11H,4-5,7-8H2,1H3. The van der Waals surface area contributed by atoms with Crippen LogP contribution < -0.4 is 0 Å². The molecule has 7 nitrogen and oxygen atoms in total. The number of carbonyl (C=O) groups is 2. The van der Waals surface area contributed by atoms with Crippen molar-refractivity contribution in [3.63, 3.8) is 0 Å². The zero-order chi connectivity index (χ0) is 17.6. The lowest BCUT2D eigenvalue weighted by molar-refractivity contribution is -0.156. The summed E-state index contributed by atoms with van der Waals surface area (Å²) < 4.78 is 53.0. The van der Waals surface area contributed by atoms with Crippen molar-refractivity contribution in [3.05, 3.63) is 29.8 Å². The maximum atomic E-state index is 13.8. The van der Waals surface area contributed by atoms with Gasteiger partial charge in [0.25, 0.3) is 0 Å². The maximum Gasteiger partial charge on any atom is 0.246 e. The van der Waals surface area contributed by atoms with Gasteiger partial charge >= 0.3 is 0 Å². The molecule has 2 saturated heterocycles. The van der Waals surface area contributed by atoms with Gasteiger partial charge in [-0.3, -0.25) is 9.59 Å². The molecule has 0 N–H and O–H groups in total. The molecule has 0 aromatic heterocycles. The second kappa shape index (κ2) is 5.78. The molecule has 0 bridgehead atoms. The number of carbonyl (C=O) groups excluding carboxylic acids is 2. The van der Waals surface area contributed by atoms with Crippen LogP contribution >= 0.6 is 0 Å². The van der Waals surface area contributed by atoms with E-state index in [0.29, 0.717) is 6.07 Å². The molecule has 2 aliphatic heterocycles. The summed E-state index contributed by atoms with van der Waals surface area (Å²) in [5.74, 6) is -2.70. The van der Waals surface area contributed by atoms with Gasteiger partial charge in [0.2, 0.25) is 21.8 Å². The van der Waals surface area contributed by atoms with Gasteiger partial charge in [0, 0.05) is 32.7 Å². The predicted molar refractivity (Wildman–Crippen MR) is 78.3 cm³/mol. The van der Waals surface area contributed by atoms with Crippen LogP contribution in [0.5, 0.6) is 0 Å². The Balaban J connectivity index is 1.91. The van der Waals surface area contributed by atoms with Crippen LogP contribution in [0.25, 0.3) is 0 Å². The lowest BCUT2D eigenvalue weighted by Gasteiger charge is -2.44. The molecule has 0 saturated carbocycles. The Morgan fingerprint density at radius 1 is 1.17 bits per heavy atom. The highest BCUT2D eigenvalue weighted by molar-refractivity contribution is 7.89. The molecule has 1 aromatic carbocycles. The third kappa shape index (κ3) is 2.65. The number of likely N-dealkylation sites (N-methyl/N-ethyl adjacent to an activating group) is 1. The SMILES string of the molecule is CN1CC(=O)N2CCN(S(=O)(=O)c3ccc(F)cc3F)CC2C1=O. The number of hydrogen-bond acceptors (Lipinski definition) is 4. The number of nitrogens with zero attached hydrogens (tertiary/aromatic N) is 3. The van der Waals surface area contributed by atoms with E-state index in [1.807, 2.05) is 0 Å². The fourth-order valence-electron chi connectivity index (χ4n) is 2.94. The van der Waals surface area contributed by atoms with E-state index >= 15 is 0 Å². The van der Waals surface area contributed by atoms with E-state index in [-0.39, 0.29) is 38.0 Å². The highest BCUT2D eigenvalue weighted by Crippen LogP contribution is 2.25. The zero-order valence-corrected chi connectivity index (χ0v) is 13.6. The largest absolute Gasteiger partial charge is 0.335 e. The Morgan fingerprint density at radius 3 is 2.54 bits per heavy atom. The topological polar surface area (TPSA) is 78.0 Å². The first-order valence-corrected chi connectivity index (χ1v) is 8.65. The summed E-state index contributed by atoms with van der Waals surface area (Å²) in [5.41, 5.74) is 0. The molecule has 2 fully saturated rings. The normalized spacial score (nSPS) is 22.7. The number of rotatable bonds is 2. The molecule has 1 aromatic rings. The van der Waals surface area contributed by atoms with E-state index in [9.17, 15) is 26.8 Å². The molecule has 0 radical (unpaired) electrons. The van der Waals surface area contributed by atoms with E-state index < -0.39 is 32.6 Å². The highest BCUT2D eigenvalue weighted by atomic mass is 32.2. The number of sulfonamides is 1. The molecule has 1 unspecified atom stereocenters. The first-order chi connectivity index (χ1) is 11.2. The van der Waals surface area contributed by atoms with Crippen LogP contribution in [-0.2, 0) is 19.6 Å². The Bertz CT molecular complexity index is 814. The molecule has 2 heterocycles. The molecular formula is C14H15F2N3O4S. The molecule has 130 valence electrons. The van der Waals surface area contributed by atoms with Gasteiger partial charge in [-0.2, -0.15) is 4.31 Å². The molecule has 1 atom stereocenters. The smallest absolute Gasteiger partial charge is 0.246 e. The summed E-state index contributed by atoms with van der Waals surface area (Å²) in [7, 11) is -2.77. The van der Waals surface area contributed by atoms with Crippen LogP contribution in [0.1, 0.15) is 0 Å². The van der Waals surface area contributed by atoms with E-state index in [1.54, 1.807) is 0 Å². The molecule has 24 heavy (non-hydrogen) atoms. The molecule has 10 heteroatoms. The summed E-state index contributed by atoms with van der Waals surface area (Å²) in [6.07, 6.45) is 0. The summed E-state index contributed by atoms with van der Waals surface area (Å²) in [5, 5.41) is 0. The molecule has 3 rings (SSSR count). The van der Waals surface area contributed by atoms with Crippen LogP contribution in [-0.4, -0.2) is 73.6 Å². The summed E-state index contributed by atoms with van der Waals surface area (Å²) in [4.78, 5) is 26.1. The average Bonchev–Trinajstić information content (AvgIpc) is 2.52. The second-order valence-electron chi connectivity index (χ2n) is 5.74. The van der Waals surface area contributed by atoms with Crippen molar-refractivity contribution < 1.29 is 26.8 Å². The van der Waals surface area contributed by atoms with Crippen molar-refractivity contribution in [2.45, 2.75) is 10.9 Å². The van der Waals surface area contributed by atoms with Crippen LogP contribution in [0.2, 0.25) is 0 Å². The van der Waals surface area contributed by atoms with Gasteiger partial charge < -0.3 is 9.80 Å². The quantitative estimate of drug-likeness (QED) is 0.722. The minimum Gasteiger partial charge on any atom is -0.335 e. The Kier molecular flexibility index (Phi) is 4.04. The lowest BCUT2D eigenvalue weighted by Crippen LogP contribution is -2.66. The Morgan fingerprint density at radius 2 is 1.88 bits per heavy atom. The van der Waals surface area contributed by atoms with E-state index in [1.165, 1.54) is 16.8 Å². The maximum absolute atomic E-state index is 13.8. The van der Waals surface area contributed by atoms with Crippen molar-refractivity contribution in [1.82, 2.24) is 14.1 Å². The van der Waals surface area contributed by atoms with Crippen molar-refractivity contribution in [2.75, 3.05) is 33.2 Å². The predicted octanol–water partition coefficient (Wildman–Crippen LogP) is -0.362. The zero-order valence-electron chi connectivity index (χ0n) is 12.8. The number of halogens is 2. The minimum absolute atomic E-state index is 0.0467. The van der Waals surface area contributed by atoms with Gasteiger partial charge in [-0.1, -0.05) is 0 Å². The first-order valence-electron chi connectivity index (χ1n) is 7.21. The first kappa shape index (κ1) is 16.8. The van der Waals surface area contributed by atoms with Gasteiger partial charge in [-0.25, -0.2) is 17.2 Å². The van der Waals surface area contributed by atoms with E-state index in [4.69, 9.17) is 0 Å². The van der Waals surface area contributed by atoms with Crippen molar-refractivity contribution in [3.8, 4) is 0 Å². The van der Waals surface area contributed by atoms with Crippen LogP contribution in [0.15, 0.2) is 23.1 Å². The van der Waals surface area contributed by atoms with Crippen LogP contribution in [0.4, 0.5) is 8.78 Å². The van der Waals surface area contributed by atoms with Gasteiger partial charge in [-0.15, -0.1) is 0 Å². The average molecular weight is 359 g/mol. The Hall–Kier alpha value is -2.07. The fraction of sp³-hybridized carbons (Fsp3) is 0.429. The number of benzene rings is 1. The number of hydrogen-bond donors (Lipinski definition) is 0. The highest BCUT2D eigenvalue weighted by Gasteiger charge is 2.44. The van der Waals surface area contributed by atoms with Crippen molar-refractivity contribution >= 4 is 21.8 Å². The minimum atomic E-state index is -4.24. The summed E-state index contributed by atoms with van der Waals surface area (Å²) in [6.45, 7) is -0.313. The third-order valence-electron chi connectivity index (χ3n) is 4.21. The molecule has 0 spiro atoms. The van der Waals surface area contributed by atoms with Crippen molar-refractivity contribution in [1.29, 1.82) is 0 Å². The summed E-state index contributed by atoms with van der Waals surface area (Å²) in [6, 6.07) is 1.27. The molecule has 2 amide bonds. The summed E-state index contributed by atoms with van der Waals surface area (Å²) >= 11 is 0. The number of fused-ring (bicyclic) bond motifs is 1. The molecule has 2 aliphatic rings. The van der Waals surface area contributed by atoms with E-state index in [0.717, 1.165) is 16.4 Å². The van der Waals surface area contributed by atoms with Gasteiger partial charge in [0.1, 0.15) is 22.6 Å². The fourth-order valence-corrected chi connectivity index (χ4v) is 4.42. The van der Waals surface area contributed by atoms with Crippen LogP contribution in [0, 0.1) is 11.6 Å². The third-order valence-corrected chi connectivity index (χ3v) is 6.11. The van der Waals surface area contributed by atoms with Crippen LogP contribution in [0.3, 0.4) is 0 Å². The second-order valence-corrected chi connectivity index (χ2v) is 7.64. The van der Waals surface area contributed by atoms with Gasteiger partial charge in [-0.05, 0) is 12.1 Å². The number of amides is 2. The lowest BCUT2D eigenvalue weighted by atomic mass is 10.1. The van der Waals surface area contributed by atoms with Gasteiger partial charge in [0.05, 0.1) is 6.54 Å².